The Kier molecular flexibility index (Phi) is 10.7. The number of phenolic OH excluding ortho intramolecular Hbond substituents is 2. The zero-order valence-corrected chi connectivity index (χ0v) is 31.3. The van der Waals surface area contributed by atoms with Crippen molar-refractivity contribution in [2.45, 2.75) is 63.0 Å². The third kappa shape index (κ3) is 7.41. The highest BCUT2D eigenvalue weighted by molar-refractivity contribution is 8.00. The minimum absolute atomic E-state index is 0.0376. The summed E-state index contributed by atoms with van der Waals surface area (Å²) in [7, 11) is 0. The summed E-state index contributed by atoms with van der Waals surface area (Å²) < 4.78 is 0.503. The van der Waals surface area contributed by atoms with Crippen molar-refractivity contribution in [2.75, 3.05) is 44.2 Å². The molecule has 0 bridgehead atoms. The summed E-state index contributed by atoms with van der Waals surface area (Å²) in [5.74, 6) is -6.33. The number of ketones is 1. The van der Waals surface area contributed by atoms with Crippen molar-refractivity contribution >= 4 is 75.1 Å². The monoisotopic (exact) mass is 789 g/mol. The molecule has 1 aromatic carbocycles. The van der Waals surface area contributed by atoms with E-state index < -0.39 is 52.0 Å². The summed E-state index contributed by atoms with van der Waals surface area (Å²) in [6, 6.07) is 2.39. The van der Waals surface area contributed by atoms with Gasteiger partial charge >= 0.3 is 0 Å². The molecule has 0 spiro atoms. The number of carbonyl (C=O) groups is 5. The highest BCUT2D eigenvalue weighted by Gasteiger charge is 2.54. The summed E-state index contributed by atoms with van der Waals surface area (Å²) in [6.45, 7) is 5.19. The number of oxime groups is 1. The predicted molar refractivity (Wildman–Crippen MR) is 189 cm³/mol. The number of nitrogens with two attached hydrogens (primary N) is 1. The Morgan fingerprint density at radius 3 is 2.53 bits per heavy atom. The number of aromatic hydroxyl groups is 2. The predicted octanol–water partition coefficient (Wildman–Crippen LogP) is 0.449. The lowest BCUT2D eigenvalue weighted by atomic mass is 9.89. The van der Waals surface area contributed by atoms with E-state index in [0.717, 1.165) is 43.7 Å². The number of nitrogen functional groups attached to an aromatic ring is 1. The second kappa shape index (κ2) is 14.8. The topological polar surface area (TPSA) is 239 Å². The maximum absolute atomic E-state index is 13.6. The van der Waals surface area contributed by atoms with E-state index in [9.17, 15) is 44.4 Å². The average Bonchev–Trinajstić information content (AvgIpc) is 3.87. The number of carboxylic acids is 2. The number of fused-ring (bicyclic) bond motifs is 1. The number of rotatable bonds is 13. The van der Waals surface area contributed by atoms with Gasteiger partial charge in [-0.15, -0.1) is 23.1 Å². The molecule has 6 rings (SSSR count). The van der Waals surface area contributed by atoms with E-state index in [4.69, 9.17) is 22.2 Å². The molecule has 1 aromatic heterocycles. The standard InChI is InChI=1S/C34H39ClN6O10S2/c1-34(2,32(49)50)51-38-25(21-16-53-33(36)37-21)23(43)12-20-29(46)40-26(31(47)48)17(15-52-30(20)40)13-41(10-3-4-11-41)14-18-6-5-9-39(18)28(45)19-7-8-22(42)27(44)24(19)35/h7-8,16,18,20,30H,3-6,9-15H2,1-2H3,(H5-,36,37,38,42,43,44,45,47,48,49,50)/p-1/t18-,20+,30+/m0/s1. The fraction of sp³-hybridized carbons (Fsp3) is 0.500. The molecule has 2 aromatic rings. The zero-order chi connectivity index (χ0) is 38.4. The van der Waals surface area contributed by atoms with Gasteiger partial charge in [0, 0.05) is 42.5 Å². The van der Waals surface area contributed by atoms with Gasteiger partial charge in [0.1, 0.15) is 12.2 Å². The van der Waals surface area contributed by atoms with Crippen molar-refractivity contribution in [1.82, 2.24) is 14.8 Å². The number of aromatic nitrogens is 1. The SMILES string of the molecule is CC(C)(O/N=C(/C(=O)C[C@@H]1C(=O)N2C(C(=O)[O-])=C(C[N+]3(C[C@@H]4CCCN4C(=O)c4ccc(O)c(O)c4Cl)CCCC3)CS[C@H]12)c1csc(N)n1)C(=O)[O-]. The molecule has 0 saturated carbocycles. The molecule has 284 valence electrons. The van der Waals surface area contributed by atoms with E-state index in [1.54, 1.807) is 4.90 Å². The van der Waals surface area contributed by atoms with Crippen molar-refractivity contribution in [3.63, 3.8) is 0 Å². The number of benzene rings is 1. The van der Waals surface area contributed by atoms with Gasteiger partial charge in [0.05, 0.1) is 65.2 Å². The number of quaternary nitrogens is 1. The molecule has 16 nitrogen and oxygen atoms in total. The van der Waals surface area contributed by atoms with Gasteiger partial charge in [0.25, 0.3) is 5.91 Å². The number of β-lactam (4-membered cyclic amide) rings is 1. The lowest BCUT2D eigenvalue weighted by Crippen LogP contribution is -2.64. The smallest absolute Gasteiger partial charge is 0.255 e. The molecule has 3 fully saturated rings. The van der Waals surface area contributed by atoms with Crippen LogP contribution in [0.2, 0.25) is 5.02 Å². The van der Waals surface area contributed by atoms with E-state index in [1.807, 2.05) is 0 Å². The first kappa shape index (κ1) is 38.3. The number of carbonyl (C=O) groups excluding carboxylic acids is 5. The number of likely N-dealkylation sites (tertiary alicyclic amines) is 2. The molecule has 4 N–H and O–H groups in total. The van der Waals surface area contributed by atoms with Crippen LogP contribution in [0.4, 0.5) is 5.13 Å². The van der Waals surface area contributed by atoms with Gasteiger partial charge in [-0.3, -0.25) is 19.3 Å². The largest absolute Gasteiger partial charge is 0.546 e. The number of hydrogen-bond acceptors (Lipinski definition) is 15. The summed E-state index contributed by atoms with van der Waals surface area (Å²) in [5, 5.41) is 48.6. The van der Waals surface area contributed by atoms with Crippen molar-refractivity contribution in [1.29, 1.82) is 0 Å². The van der Waals surface area contributed by atoms with Gasteiger partial charge in [0.2, 0.25) is 5.91 Å². The minimum Gasteiger partial charge on any atom is -0.546 e. The second-order valence-corrected chi connectivity index (χ2v) is 16.6. The number of Topliss-reactive ketones (excluding diaryl/α,β-unsaturated/α-hetero) is 1. The number of nitrogens with zero attached hydrogens (tertiary/aromatic N) is 5. The molecule has 0 radical (unpaired) electrons. The lowest BCUT2D eigenvalue weighted by Gasteiger charge is -2.51. The molecule has 3 atom stereocenters. The second-order valence-electron chi connectivity index (χ2n) is 14.2. The van der Waals surface area contributed by atoms with Crippen LogP contribution in [0.15, 0.2) is 33.9 Å². The molecule has 3 saturated heterocycles. The van der Waals surface area contributed by atoms with Crippen LogP contribution in [-0.2, 0) is 24.0 Å². The lowest BCUT2D eigenvalue weighted by molar-refractivity contribution is -0.913. The van der Waals surface area contributed by atoms with Crippen LogP contribution in [0.5, 0.6) is 11.5 Å². The maximum atomic E-state index is 13.6. The third-order valence-electron chi connectivity index (χ3n) is 10.2. The van der Waals surface area contributed by atoms with Crippen LogP contribution in [-0.4, -0.2) is 120 Å². The Bertz CT molecular complexity index is 1930. The number of halogens is 1. The summed E-state index contributed by atoms with van der Waals surface area (Å²) in [5.41, 5.74) is 3.97. The fourth-order valence-corrected chi connectivity index (χ4v) is 9.68. The molecular weight excluding hydrogens is 752 g/mol. The first-order chi connectivity index (χ1) is 25.0. The van der Waals surface area contributed by atoms with Gasteiger partial charge in [-0.25, -0.2) is 4.98 Å². The van der Waals surface area contributed by atoms with Gasteiger partial charge in [-0.2, -0.15) is 0 Å². The van der Waals surface area contributed by atoms with Crippen LogP contribution < -0.4 is 15.9 Å². The third-order valence-corrected chi connectivity index (χ3v) is 12.7. The molecular formula is C34H38ClN6O10S2-. The highest BCUT2D eigenvalue weighted by Crippen LogP contribution is 2.46. The van der Waals surface area contributed by atoms with Gasteiger partial charge < -0.3 is 50.0 Å². The van der Waals surface area contributed by atoms with E-state index >= 15 is 0 Å². The Morgan fingerprint density at radius 2 is 1.89 bits per heavy atom. The van der Waals surface area contributed by atoms with Crippen LogP contribution >= 0.6 is 34.7 Å². The van der Waals surface area contributed by atoms with Crippen molar-refractivity contribution < 1.29 is 53.7 Å². The van der Waals surface area contributed by atoms with Crippen LogP contribution in [0.3, 0.4) is 0 Å². The van der Waals surface area contributed by atoms with E-state index in [2.05, 4.69) is 10.1 Å². The van der Waals surface area contributed by atoms with Crippen molar-refractivity contribution in [2.24, 2.45) is 11.1 Å². The molecule has 5 heterocycles. The molecule has 2 amide bonds. The Balaban J connectivity index is 1.20. The number of thiazole rings is 1. The van der Waals surface area contributed by atoms with Crippen molar-refractivity contribution in [3.8, 4) is 11.5 Å². The number of carboxylic acid groups (broad SMARTS) is 2. The normalized spacial score (nSPS) is 22.8. The zero-order valence-electron chi connectivity index (χ0n) is 28.9. The number of phenols is 2. The fourth-order valence-electron chi connectivity index (χ4n) is 7.49. The molecule has 19 heteroatoms. The Morgan fingerprint density at radius 1 is 1.17 bits per heavy atom. The van der Waals surface area contributed by atoms with Gasteiger partial charge in [-0.05, 0) is 38.8 Å². The summed E-state index contributed by atoms with van der Waals surface area (Å²) >= 11 is 8.60. The average molecular weight is 790 g/mol. The van der Waals surface area contributed by atoms with E-state index in [1.165, 1.54) is 48.0 Å². The molecule has 4 aliphatic heterocycles. The first-order valence-corrected chi connectivity index (χ1v) is 19.3. The van der Waals surface area contributed by atoms with E-state index in [-0.39, 0.29) is 56.9 Å². The van der Waals surface area contributed by atoms with Crippen LogP contribution in [0.25, 0.3) is 0 Å². The summed E-state index contributed by atoms with van der Waals surface area (Å²) in [4.78, 5) is 77.1. The highest BCUT2D eigenvalue weighted by atomic mass is 35.5. The number of anilines is 1. The van der Waals surface area contributed by atoms with Crippen molar-refractivity contribution in [3.05, 3.63) is 45.1 Å². The van der Waals surface area contributed by atoms with Gasteiger partial charge in [-0.1, -0.05) is 16.8 Å². The Labute approximate surface area is 317 Å². The van der Waals surface area contributed by atoms with Crippen LogP contribution in [0, 0.1) is 5.92 Å². The summed E-state index contributed by atoms with van der Waals surface area (Å²) in [6.07, 6.45) is 2.88. The Hall–Kier alpha value is -4.39. The number of hydrogen-bond donors (Lipinski definition) is 3. The number of thioether (sulfide) groups is 1. The number of amides is 2. The van der Waals surface area contributed by atoms with Crippen LogP contribution in [0.1, 0.15) is 62.0 Å². The van der Waals surface area contributed by atoms with E-state index in [0.29, 0.717) is 36.1 Å². The molecule has 0 unspecified atom stereocenters. The molecule has 0 aliphatic carbocycles. The minimum atomic E-state index is -1.88. The maximum Gasteiger partial charge on any atom is 0.255 e. The first-order valence-electron chi connectivity index (χ1n) is 17.0. The molecule has 53 heavy (non-hydrogen) atoms. The quantitative estimate of drug-likeness (QED) is 0.0823. The van der Waals surface area contributed by atoms with Gasteiger partial charge in [0.15, 0.2) is 33.7 Å². The molecule has 4 aliphatic rings. The number of aliphatic carboxylic acids is 2.